The molecule has 26 heavy (non-hydrogen) atoms. The molecule has 1 unspecified atom stereocenters. The van der Waals surface area contributed by atoms with Gasteiger partial charge in [0.05, 0.1) is 0 Å². The molecule has 0 fully saturated rings. The Morgan fingerprint density at radius 1 is 1.08 bits per heavy atom. The summed E-state index contributed by atoms with van der Waals surface area (Å²) in [5.41, 5.74) is 0.941. The highest BCUT2D eigenvalue weighted by Crippen LogP contribution is 2.16. The quantitative estimate of drug-likeness (QED) is 0.584. The van der Waals surface area contributed by atoms with E-state index in [1.807, 2.05) is 42.4 Å². The van der Waals surface area contributed by atoms with Crippen LogP contribution in [0.1, 0.15) is 6.92 Å². The molecule has 136 valence electrons. The molecule has 0 radical (unpaired) electrons. The van der Waals surface area contributed by atoms with Crippen molar-refractivity contribution in [2.75, 3.05) is 30.0 Å². The molecule has 9 heteroatoms. The Balaban J connectivity index is 1.46. The third kappa shape index (κ3) is 4.69. The second-order valence-corrected chi connectivity index (χ2v) is 6.89. The van der Waals surface area contributed by atoms with Gasteiger partial charge in [-0.3, -0.25) is 0 Å². The smallest absolute Gasteiger partial charge is 0.222 e. The van der Waals surface area contributed by atoms with Gasteiger partial charge in [0, 0.05) is 49.2 Å². The second-order valence-electron chi connectivity index (χ2n) is 6.01. The average molecular weight is 370 g/mol. The van der Waals surface area contributed by atoms with Crippen LogP contribution in [0.4, 0.5) is 11.8 Å². The maximum absolute atomic E-state index is 4.45. The normalized spacial score (nSPS) is 12.0. The number of anilines is 2. The summed E-state index contributed by atoms with van der Waals surface area (Å²) in [5.74, 6) is 2.68. The van der Waals surface area contributed by atoms with E-state index in [1.165, 1.54) is 0 Å². The van der Waals surface area contributed by atoms with Crippen LogP contribution in [0.25, 0.3) is 11.4 Å². The first-order valence-electron chi connectivity index (χ1n) is 8.30. The van der Waals surface area contributed by atoms with Crippen LogP contribution in [-0.4, -0.2) is 49.1 Å². The van der Waals surface area contributed by atoms with E-state index in [1.54, 1.807) is 24.3 Å². The fourth-order valence-corrected chi connectivity index (χ4v) is 2.62. The van der Waals surface area contributed by atoms with Crippen LogP contribution in [0.15, 0.2) is 41.9 Å². The highest BCUT2D eigenvalue weighted by atomic mass is 32.2. The van der Waals surface area contributed by atoms with Crippen molar-refractivity contribution >= 4 is 23.5 Å². The first-order valence-corrected chi connectivity index (χ1v) is 9.52. The van der Waals surface area contributed by atoms with Gasteiger partial charge < -0.3 is 15.2 Å². The lowest BCUT2D eigenvalue weighted by Crippen LogP contribution is -2.20. The molecule has 0 aliphatic carbocycles. The van der Waals surface area contributed by atoms with Crippen LogP contribution < -0.4 is 10.6 Å². The Kier molecular flexibility index (Phi) is 6.00. The molecule has 1 atom stereocenters. The standard InChI is InChI=1S/C17H22N8S/c1-12(7-20-17-21-9-14(26-3)10-22-17)6-18-15-5-4-13(8-19-15)16-24-23-11-25(16)2/h4-5,8-12H,6-7H2,1-3H3,(H,18,19)(H,20,21,22). The number of nitrogens with zero attached hydrogens (tertiary/aromatic N) is 6. The Morgan fingerprint density at radius 2 is 1.85 bits per heavy atom. The molecule has 0 spiro atoms. The fourth-order valence-electron chi connectivity index (χ4n) is 2.30. The van der Waals surface area contributed by atoms with Crippen LogP contribution in [-0.2, 0) is 7.05 Å². The number of rotatable bonds is 8. The molecule has 0 aromatic carbocycles. The van der Waals surface area contributed by atoms with Gasteiger partial charge in [0.25, 0.3) is 0 Å². The van der Waals surface area contributed by atoms with Crippen molar-refractivity contribution in [1.29, 1.82) is 0 Å². The molecule has 8 nitrogen and oxygen atoms in total. The molecule has 3 heterocycles. The fraction of sp³-hybridized carbons (Fsp3) is 0.353. The van der Waals surface area contributed by atoms with Crippen LogP contribution in [0.3, 0.4) is 0 Å². The van der Waals surface area contributed by atoms with Gasteiger partial charge in [0.15, 0.2) is 5.82 Å². The monoisotopic (exact) mass is 370 g/mol. The molecule has 0 aliphatic heterocycles. The number of thioether (sulfide) groups is 1. The molecular weight excluding hydrogens is 348 g/mol. The third-order valence-corrected chi connectivity index (χ3v) is 4.52. The first kappa shape index (κ1) is 18.1. The van der Waals surface area contributed by atoms with Crippen LogP contribution >= 0.6 is 11.8 Å². The molecule has 3 aromatic rings. The predicted octanol–water partition coefficient (Wildman–Crippen LogP) is 2.55. The Bertz CT molecular complexity index is 816. The van der Waals surface area contributed by atoms with Crippen molar-refractivity contribution in [1.82, 2.24) is 29.7 Å². The van der Waals surface area contributed by atoms with E-state index >= 15 is 0 Å². The van der Waals surface area contributed by atoms with Gasteiger partial charge in [0.2, 0.25) is 5.95 Å². The zero-order valence-corrected chi connectivity index (χ0v) is 15.9. The second kappa shape index (κ2) is 8.61. The molecule has 0 amide bonds. The van der Waals surface area contributed by atoms with Gasteiger partial charge in [0.1, 0.15) is 12.1 Å². The molecule has 0 saturated carbocycles. The van der Waals surface area contributed by atoms with Crippen molar-refractivity contribution in [3.05, 3.63) is 37.1 Å². The third-order valence-electron chi connectivity index (χ3n) is 3.84. The average Bonchev–Trinajstić information content (AvgIpc) is 3.11. The highest BCUT2D eigenvalue weighted by molar-refractivity contribution is 7.98. The summed E-state index contributed by atoms with van der Waals surface area (Å²) in [7, 11) is 1.91. The van der Waals surface area contributed by atoms with E-state index in [2.05, 4.69) is 42.7 Å². The number of pyridine rings is 1. The summed E-state index contributed by atoms with van der Waals surface area (Å²) in [5, 5.41) is 14.6. The van der Waals surface area contributed by atoms with Gasteiger partial charge in [-0.2, -0.15) is 0 Å². The minimum atomic E-state index is 0.388. The number of hydrogen-bond donors (Lipinski definition) is 2. The molecule has 2 N–H and O–H groups in total. The van der Waals surface area contributed by atoms with Crippen molar-refractivity contribution in [2.24, 2.45) is 13.0 Å². The largest absolute Gasteiger partial charge is 0.370 e. The van der Waals surface area contributed by atoms with Gasteiger partial charge >= 0.3 is 0 Å². The number of aromatic nitrogens is 6. The molecule has 0 aliphatic rings. The lowest BCUT2D eigenvalue weighted by molar-refractivity contribution is 0.644. The summed E-state index contributed by atoms with van der Waals surface area (Å²) >= 11 is 1.63. The van der Waals surface area contributed by atoms with Crippen molar-refractivity contribution in [3.63, 3.8) is 0 Å². The van der Waals surface area contributed by atoms with E-state index in [4.69, 9.17) is 0 Å². The molecule has 3 rings (SSSR count). The maximum Gasteiger partial charge on any atom is 0.222 e. The number of hydrogen-bond acceptors (Lipinski definition) is 8. The molecule has 3 aromatic heterocycles. The maximum atomic E-state index is 4.45. The highest BCUT2D eigenvalue weighted by Gasteiger charge is 2.07. The summed E-state index contributed by atoms with van der Waals surface area (Å²) in [6, 6.07) is 3.94. The van der Waals surface area contributed by atoms with E-state index < -0.39 is 0 Å². The van der Waals surface area contributed by atoms with Gasteiger partial charge in [-0.05, 0) is 24.3 Å². The zero-order chi connectivity index (χ0) is 18.4. The Morgan fingerprint density at radius 3 is 2.46 bits per heavy atom. The van der Waals surface area contributed by atoms with E-state index in [0.717, 1.165) is 35.2 Å². The van der Waals surface area contributed by atoms with E-state index in [-0.39, 0.29) is 0 Å². The van der Waals surface area contributed by atoms with E-state index in [0.29, 0.717) is 11.9 Å². The van der Waals surface area contributed by atoms with Crippen molar-refractivity contribution < 1.29 is 0 Å². The Labute approximate surface area is 156 Å². The van der Waals surface area contributed by atoms with Crippen molar-refractivity contribution in [3.8, 4) is 11.4 Å². The first-order chi connectivity index (χ1) is 12.7. The van der Waals surface area contributed by atoms with Gasteiger partial charge in [-0.1, -0.05) is 6.92 Å². The topological polar surface area (TPSA) is 93.4 Å². The zero-order valence-electron chi connectivity index (χ0n) is 15.0. The van der Waals surface area contributed by atoms with E-state index in [9.17, 15) is 0 Å². The lowest BCUT2D eigenvalue weighted by Gasteiger charge is -2.14. The minimum absolute atomic E-state index is 0.388. The molecule has 0 saturated heterocycles. The molecular formula is C17H22N8S. The predicted molar refractivity (Wildman–Crippen MR) is 104 cm³/mol. The van der Waals surface area contributed by atoms with Crippen LogP contribution in [0.5, 0.6) is 0 Å². The Hall–Kier alpha value is -2.68. The number of nitrogens with one attached hydrogen (secondary N) is 2. The van der Waals surface area contributed by atoms with Gasteiger partial charge in [-0.15, -0.1) is 22.0 Å². The van der Waals surface area contributed by atoms with Gasteiger partial charge in [-0.25, -0.2) is 15.0 Å². The van der Waals surface area contributed by atoms with Crippen molar-refractivity contribution in [2.45, 2.75) is 11.8 Å². The van der Waals surface area contributed by atoms with Crippen LogP contribution in [0.2, 0.25) is 0 Å². The molecule has 0 bridgehead atoms. The van der Waals surface area contributed by atoms with Crippen LogP contribution in [0, 0.1) is 5.92 Å². The minimum Gasteiger partial charge on any atom is -0.370 e. The summed E-state index contributed by atoms with van der Waals surface area (Å²) < 4.78 is 1.87. The SMILES string of the molecule is CSc1cnc(NCC(C)CNc2ccc(-c3nncn3C)cn2)nc1. The lowest BCUT2D eigenvalue weighted by atomic mass is 10.2. The summed E-state index contributed by atoms with van der Waals surface area (Å²) in [6.07, 6.45) is 9.13. The summed E-state index contributed by atoms with van der Waals surface area (Å²) in [4.78, 5) is 14.1. The summed E-state index contributed by atoms with van der Waals surface area (Å²) in [6.45, 7) is 3.74. The number of aryl methyl sites for hydroxylation is 1.